The molecular weight excluding hydrogens is 298 g/mol. The van der Waals surface area contributed by atoms with E-state index >= 15 is 0 Å². The molecule has 6 nitrogen and oxygen atoms in total. The molecule has 0 aromatic heterocycles. The van der Waals surface area contributed by atoms with Crippen LogP contribution in [-0.2, 0) is 18.9 Å². The predicted octanol–water partition coefficient (Wildman–Crippen LogP) is 2.36. The van der Waals surface area contributed by atoms with Crippen LogP contribution in [0.5, 0.6) is 0 Å². The Morgan fingerprint density at radius 1 is 1.39 bits per heavy atom. The summed E-state index contributed by atoms with van der Waals surface area (Å²) in [6, 6.07) is -0.0582. The second-order valence-corrected chi connectivity index (χ2v) is 7.00. The molecule has 1 amide bonds. The van der Waals surface area contributed by atoms with Crippen LogP contribution in [0, 0.1) is 11.8 Å². The first-order chi connectivity index (χ1) is 11.0. The molecule has 1 heterocycles. The lowest BCUT2D eigenvalue weighted by molar-refractivity contribution is -0.100. The number of rotatable bonds is 7. The Balaban J connectivity index is 1.94. The first-order valence-electron chi connectivity index (χ1n) is 8.60. The minimum atomic E-state index is -0.393. The zero-order chi connectivity index (χ0) is 17.0. The average molecular weight is 329 g/mol. The Kier molecular flexibility index (Phi) is 6.28. The zero-order valence-electron chi connectivity index (χ0n) is 15.0. The lowest BCUT2D eigenvalue weighted by Gasteiger charge is -2.40. The minimum Gasteiger partial charge on any atom is -0.443 e. The van der Waals surface area contributed by atoms with Crippen LogP contribution in [-0.4, -0.2) is 57.4 Å². The molecule has 0 aromatic carbocycles. The maximum absolute atomic E-state index is 12.3. The van der Waals surface area contributed by atoms with Crippen molar-refractivity contribution in [3.8, 4) is 0 Å². The second-order valence-electron chi connectivity index (χ2n) is 7.00. The Morgan fingerprint density at radius 2 is 2.09 bits per heavy atom. The molecule has 6 heteroatoms. The van der Waals surface area contributed by atoms with E-state index in [1.54, 1.807) is 14.2 Å². The summed E-state index contributed by atoms with van der Waals surface area (Å²) in [5.74, 6) is 0.553. The van der Waals surface area contributed by atoms with Crippen molar-refractivity contribution in [3.05, 3.63) is 0 Å². The number of nitrogens with one attached hydrogen (secondary N) is 1. The number of ether oxygens (including phenoxy) is 4. The molecule has 1 saturated heterocycles. The van der Waals surface area contributed by atoms with Crippen molar-refractivity contribution >= 4 is 6.09 Å². The van der Waals surface area contributed by atoms with Gasteiger partial charge in [0.2, 0.25) is 0 Å². The summed E-state index contributed by atoms with van der Waals surface area (Å²) in [5.41, 5.74) is -0.0394. The fraction of sp³-hybridized carbons (Fsp3) is 0.941. The first kappa shape index (κ1) is 18.5. The van der Waals surface area contributed by atoms with Crippen molar-refractivity contribution in [2.45, 2.75) is 63.9 Å². The summed E-state index contributed by atoms with van der Waals surface area (Å²) in [5, 5.41) is 2.91. The Bertz CT molecular complexity index is 396. The highest BCUT2D eigenvalue weighted by Gasteiger charge is 2.58. The number of hydrogen-bond acceptors (Lipinski definition) is 5. The van der Waals surface area contributed by atoms with Gasteiger partial charge in [-0.3, -0.25) is 0 Å². The van der Waals surface area contributed by atoms with Crippen LogP contribution < -0.4 is 5.32 Å². The van der Waals surface area contributed by atoms with E-state index in [4.69, 9.17) is 18.9 Å². The molecule has 23 heavy (non-hydrogen) atoms. The Labute approximate surface area is 139 Å². The smallest absolute Gasteiger partial charge is 0.407 e. The molecule has 1 aliphatic carbocycles. The third-order valence-electron chi connectivity index (χ3n) is 5.23. The maximum atomic E-state index is 12.3. The number of amides is 1. The van der Waals surface area contributed by atoms with E-state index < -0.39 is 6.09 Å². The predicted molar refractivity (Wildman–Crippen MR) is 86.4 cm³/mol. The summed E-state index contributed by atoms with van der Waals surface area (Å²) >= 11 is 0. The van der Waals surface area contributed by atoms with Crippen LogP contribution in [0.4, 0.5) is 4.79 Å². The molecule has 2 fully saturated rings. The molecule has 2 rings (SSSR count). The third kappa shape index (κ3) is 4.17. The zero-order valence-corrected chi connectivity index (χ0v) is 15.0. The van der Waals surface area contributed by atoms with Gasteiger partial charge in [-0.2, -0.15) is 0 Å². The number of alkyl carbamates (subject to hydrolysis) is 1. The SMILES string of the molecule is CCC1C(OC)C(OC(=O)N[C@@H](COC)C(C)C)CC[C@]12CO2. The number of epoxide rings is 1. The number of carbonyl (C=O) groups excluding carboxylic acids is 1. The molecule has 134 valence electrons. The highest BCUT2D eigenvalue weighted by Crippen LogP contribution is 2.49. The van der Waals surface area contributed by atoms with E-state index in [1.165, 1.54) is 0 Å². The molecular formula is C17H31NO5. The second kappa shape index (κ2) is 7.81. The normalized spacial score (nSPS) is 34.4. The molecule has 1 aliphatic heterocycles. The Morgan fingerprint density at radius 3 is 2.57 bits per heavy atom. The van der Waals surface area contributed by atoms with E-state index in [-0.39, 0.29) is 35.7 Å². The van der Waals surface area contributed by atoms with Crippen molar-refractivity contribution in [1.82, 2.24) is 5.32 Å². The highest BCUT2D eigenvalue weighted by atomic mass is 16.6. The van der Waals surface area contributed by atoms with Crippen molar-refractivity contribution in [3.63, 3.8) is 0 Å². The van der Waals surface area contributed by atoms with Gasteiger partial charge < -0.3 is 24.3 Å². The van der Waals surface area contributed by atoms with Gasteiger partial charge in [-0.15, -0.1) is 0 Å². The van der Waals surface area contributed by atoms with E-state index in [0.29, 0.717) is 6.61 Å². The van der Waals surface area contributed by atoms with Crippen LogP contribution in [0.1, 0.15) is 40.0 Å². The Hall–Kier alpha value is -0.850. The fourth-order valence-electron chi connectivity index (χ4n) is 3.70. The van der Waals surface area contributed by atoms with Gasteiger partial charge in [0.05, 0.1) is 31.0 Å². The molecule has 0 bridgehead atoms. The number of methoxy groups -OCH3 is 2. The molecule has 1 spiro atoms. The van der Waals surface area contributed by atoms with Gasteiger partial charge in [-0.1, -0.05) is 20.8 Å². The highest BCUT2D eigenvalue weighted by molar-refractivity contribution is 5.68. The summed E-state index contributed by atoms with van der Waals surface area (Å²) in [4.78, 5) is 12.3. The quantitative estimate of drug-likeness (QED) is 0.726. The first-order valence-corrected chi connectivity index (χ1v) is 8.60. The van der Waals surface area contributed by atoms with Gasteiger partial charge in [-0.25, -0.2) is 4.79 Å². The minimum absolute atomic E-state index is 0.0394. The van der Waals surface area contributed by atoms with Crippen LogP contribution in [0.3, 0.4) is 0 Å². The van der Waals surface area contributed by atoms with Gasteiger partial charge in [0.25, 0.3) is 0 Å². The molecule has 5 atom stereocenters. The molecule has 0 radical (unpaired) electrons. The van der Waals surface area contributed by atoms with Gasteiger partial charge in [0.1, 0.15) is 6.10 Å². The summed E-state index contributed by atoms with van der Waals surface area (Å²) in [6.07, 6.45) is 1.93. The van der Waals surface area contributed by atoms with Crippen LogP contribution in [0.15, 0.2) is 0 Å². The fourth-order valence-corrected chi connectivity index (χ4v) is 3.70. The number of hydrogen-bond donors (Lipinski definition) is 1. The lowest BCUT2D eigenvalue weighted by Crippen LogP contribution is -2.51. The van der Waals surface area contributed by atoms with E-state index in [2.05, 4.69) is 12.2 Å². The van der Waals surface area contributed by atoms with Crippen molar-refractivity contribution < 1.29 is 23.7 Å². The van der Waals surface area contributed by atoms with Crippen molar-refractivity contribution in [1.29, 1.82) is 0 Å². The van der Waals surface area contributed by atoms with E-state index in [1.807, 2.05) is 13.8 Å². The van der Waals surface area contributed by atoms with E-state index in [9.17, 15) is 4.79 Å². The monoisotopic (exact) mass is 329 g/mol. The third-order valence-corrected chi connectivity index (χ3v) is 5.23. The van der Waals surface area contributed by atoms with Crippen molar-refractivity contribution in [2.24, 2.45) is 11.8 Å². The van der Waals surface area contributed by atoms with Gasteiger partial charge in [0, 0.05) is 20.1 Å². The van der Waals surface area contributed by atoms with Crippen molar-refractivity contribution in [2.75, 3.05) is 27.4 Å². The van der Waals surface area contributed by atoms with Gasteiger partial charge in [-0.05, 0) is 25.2 Å². The molecule has 2 aliphatic rings. The van der Waals surface area contributed by atoms with E-state index in [0.717, 1.165) is 25.9 Å². The summed E-state index contributed by atoms with van der Waals surface area (Å²) < 4.78 is 22.2. The van der Waals surface area contributed by atoms with Crippen LogP contribution >= 0.6 is 0 Å². The van der Waals surface area contributed by atoms with Gasteiger partial charge in [0.15, 0.2) is 0 Å². The summed E-state index contributed by atoms with van der Waals surface area (Å²) in [6.45, 7) is 7.50. The van der Waals surface area contributed by atoms with Crippen LogP contribution in [0.2, 0.25) is 0 Å². The number of carbonyl (C=O) groups is 1. The molecule has 3 unspecified atom stereocenters. The largest absolute Gasteiger partial charge is 0.443 e. The lowest BCUT2D eigenvalue weighted by atomic mass is 9.74. The topological polar surface area (TPSA) is 69.3 Å². The molecule has 0 aromatic rings. The maximum Gasteiger partial charge on any atom is 0.407 e. The van der Waals surface area contributed by atoms with Gasteiger partial charge >= 0.3 is 6.09 Å². The molecule has 1 saturated carbocycles. The standard InChI is InChI=1S/C17H31NO5/c1-6-12-15(21-5)14(7-8-17(12)10-22-17)23-16(19)18-13(9-20-4)11(2)3/h11-15H,6-10H2,1-5H3,(H,18,19)/t12?,13-,14?,15?,17-/m0/s1. The summed E-state index contributed by atoms with van der Waals surface area (Å²) in [7, 11) is 3.32. The van der Waals surface area contributed by atoms with Crippen LogP contribution in [0.25, 0.3) is 0 Å². The molecule has 1 N–H and O–H groups in total. The average Bonchev–Trinajstić information content (AvgIpc) is 3.28.